The third-order valence-electron chi connectivity index (χ3n) is 7.10. The summed E-state index contributed by atoms with van der Waals surface area (Å²) in [5, 5.41) is 3.64. The molecule has 0 unspecified atom stereocenters. The van der Waals surface area contributed by atoms with Crippen molar-refractivity contribution >= 4 is 41.5 Å². The number of hydrogen-bond donors (Lipinski definition) is 2. The van der Waals surface area contributed by atoms with Crippen molar-refractivity contribution in [3.63, 3.8) is 0 Å². The summed E-state index contributed by atoms with van der Waals surface area (Å²) in [4.78, 5) is 26.2. The highest BCUT2D eigenvalue weighted by Crippen LogP contribution is 2.47. The maximum absolute atomic E-state index is 14.4. The molecule has 0 spiro atoms. The Hall–Kier alpha value is -3.57. The number of pyridine rings is 2. The minimum atomic E-state index is -4.17. The summed E-state index contributed by atoms with van der Waals surface area (Å²) in [6, 6.07) is 10.0. The Labute approximate surface area is 258 Å². The predicted octanol–water partition coefficient (Wildman–Crippen LogP) is 6.14. The minimum absolute atomic E-state index is 0.0649. The number of nitrogens with zero attached hydrogens (tertiary/aromatic N) is 4. The summed E-state index contributed by atoms with van der Waals surface area (Å²) < 4.78 is 39.8. The highest BCUT2D eigenvalue weighted by atomic mass is 31.2. The number of esters is 1. The number of carbonyl (C=O) groups excluding carboxylic acids is 1. The molecule has 44 heavy (non-hydrogen) atoms. The highest BCUT2D eigenvalue weighted by molar-refractivity contribution is 7.52. The Morgan fingerprint density at radius 3 is 2.59 bits per heavy atom. The molecule has 0 amide bonds. The Morgan fingerprint density at radius 2 is 1.91 bits per heavy atom. The van der Waals surface area contributed by atoms with Gasteiger partial charge in [0.1, 0.15) is 29.7 Å². The van der Waals surface area contributed by atoms with Gasteiger partial charge in [-0.3, -0.25) is 14.3 Å². The summed E-state index contributed by atoms with van der Waals surface area (Å²) in [7, 11) is -4.17. The van der Waals surface area contributed by atoms with E-state index in [-0.39, 0.29) is 25.1 Å². The molecule has 4 aromatic rings. The van der Waals surface area contributed by atoms with Crippen LogP contribution < -0.4 is 15.3 Å². The summed E-state index contributed by atoms with van der Waals surface area (Å²) in [6.45, 7) is 11.7. The summed E-state index contributed by atoms with van der Waals surface area (Å²) in [5.41, 5.74) is 7.71. The van der Waals surface area contributed by atoms with Gasteiger partial charge in [0.05, 0.1) is 35.5 Å². The first-order valence-electron chi connectivity index (χ1n) is 15.0. The highest BCUT2D eigenvalue weighted by Gasteiger charge is 2.39. The fraction of sp³-hybridized carbons (Fsp3) is 0.484. The van der Waals surface area contributed by atoms with E-state index in [2.05, 4.69) is 26.5 Å². The molecule has 0 saturated heterocycles. The number of nitrogens with one attached hydrogen (secondary N) is 1. The average molecular weight is 627 g/mol. The molecule has 0 aliphatic heterocycles. The lowest BCUT2D eigenvalue weighted by atomic mass is 9.94. The van der Waals surface area contributed by atoms with Crippen LogP contribution in [-0.4, -0.2) is 50.8 Å². The van der Waals surface area contributed by atoms with E-state index in [1.165, 1.54) is 6.20 Å². The molecular formula is C31H43N6O6P. The molecule has 0 bridgehead atoms. The van der Waals surface area contributed by atoms with Gasteiger partial charge in [0, 0.05) is 18.2 Å². The molecule has 238 valence electrons. The van der Waals surface area contributed by atoms with Crippen LogP contribution in [0.5, 0.6) is 5.75 Å². The Kier molecular flexibility index (Phi) is 11.0. The molecule has 3 aromatic heterocycles. The van der Waals surface area contributed by atoms with E-state index in [1.54, 1.807) is 39.1 Å². The van der Waals surface area contributed by atoms with Crippen LogP contribution >= 0.6 is 7.75 Å². The average Bonchev–Trinajstić information content (AvgIpc) is 3.39. The number of anilines is 1. The van der Waals surface area contributed by atoms with Gasteiger partial charge in [0.15, 0.2) is 5.82 Å². The van der Waals surface area contributed by atoms with Gasteiger partial charge in [-0.2, -0.15) is 5.09 Å². The standard InChI is InChI=1S/C31H43N6O6P/c1-7-9-16-31(6,20-41-44(39,43-23-13-12-17-33-18-23)36-22(5)30(38)42-21(3)4)37-26(19-40-8-2)35-27-28(37)24-14-10-11-15-25(24)34-29(27)32/h10-15,17-18,21-22H,7-9,16,19-20H2,1-6H3,(H2,32,34)(H,36,39)/t22-,31+,44-/m0/s1. The number of ether oxygens (including phenoxy) is 2. The van der Waals surface area contributed by atoms with Crippen LogP contribution in [0.1, 0.15) is 66.6 Å². The molecule has 3 N–H and O–H groups in total. The first-order valence-corrected chi connectivity index (χ1v) is 16.5. The quantitative estimate of drug-likeness (QED) is 0.109. The SMILES string of the molecule is CCCC[C@](C)(CO[P@@](=O)(N[C@@H](C)C(=O)OC(C)C)Oc1cccnc1)n1c(COCC)nc2c(N)nc3ccccc3c21. The lowest BCUT2D eigenvalue weighted by Crippen LogP contribution is -2.40. The number of nitrogens with two attached hydrogens (primary N) is 1. The van der Waals surface area contributed by atoms with Gasteiger partial charge in [-0.1, -0.05) is 38.0 Å². The van der Waals surface area contributed by atoms with Gasteiger partial charge < -0.3 is 24.3 Å². The molecule has 12 nitrogen and oxygen atoms in total. The van der Waals surface area contributed by atoms with Crippen LogP contribution in [0.3, 0.4) is 0 Å². The van der Waals surface area contributed by atoms with Gasteiger partial charge in [0.2, 0.25) is 0 Å². The number of fused-ring (bicyclic) bond motifs is 3. The van der Waals surface area contributed by atoms with Gasteiger partial charge in [-0.15, -0.1) is 0 Å². The van der Waals surface area contributed by atoms with Crippen LogP contribution in [0, 0.1) is 0 Å². The van der Waals surface area contributed by atoms with Crippen LogP contribution in [0.25, 0.3) is 21.9 Å². The number of imidazole rings is 1. The molecule has 1 aromatic carbocycles. The largest absolute Gasteiger partial charge is 0.462 e. The monoisotopic (exact) mass is 626 g/mol. The third-order valence-corrected chi connectivity index (χ3v) is 8.72. The number of para-hydroxylation sites is 1. The fourth-order valence-corrected chi connectivity index (χ4v) is 6.60. The van der Waals surface area contributed by atoms with E-state index in [4.69, 9.17) is 29.2 Å². The smallest absolute Gasteiger partial charge is 0.459 e. The predicted molar refractivity (Wildman–Crippen MR) is 170 cm³/mol. The Morgan fingerprint density at radius 1 is 1.14 bits per heavy atom. The molecular weight excluding hydrogens is 583 g/mol. The summed E-state index contributed by atoms with van der Waals surface area (Å²) in [6.07, 6.45) is 5.04. The van der Waals surface area contributed by atoms with E-state index in [0.29, 0.717) is 30.2 Å². The van der Waals surface area contributed by atoms with Gasteiger partial charge in [-0.25, -0.2) is 14.5 Å². The molecule has 0 saturated carbocycles. The van der Waals surface area contributed by atoms with Crippen LogP contribution in [-0.2, 0) is 35.5 Å². The maximum atomic E-state index is 14.4. The number of rotatable bonds is 16. The lowest BCUT2D eigenvalue weighted by molar-refractivity contribution is -0.149. The lowest BCUT2D eigenvalue weighted by Gasteiger charge is -2.35. The molecule has 0 fully saturated rings. The number of nitrogen functional groups attached to an aromatic ring is 1. The van der Waals surface area contributed by atoms with Crippen LogP contribution in [0.2, 0.25) is 0 Å². The van der Waals surface area contributed by atoms with Crippen molar-refractivity contribution < 1.29 is 27.9 Å². The van der Waals surface area contributed by atoms with Crippen molar-refractivity contribution in [3.05, 3.63) is 54.6 Å². The third kappa shape index (κ3) is 7.74. The normalized spacial score (nSPS) is 15.2. The zero-order chi connectivity index (χ0) is 31.9. The number of unbranched alkanes of at least 4 members (excludes halogenated alkanes) is 1. The van der Waals surface area contributed by atoms with Crippen molar-refractivity contribution in [2.45, 2.75) is 85.1 Å². The van der Waals surface area contributed by atoms with E-state index >= 15 is 0 Å². The zero-order valence-electron chi connectivity index (χ0n) is 26.3. The number of aromatic nitrogens is 4. The number of carbonyl (C=O) groups is 1. The molecule has 0 radical (unpaired) electrons. The first-order chi connectivity index (χ1) is 21.0. The second kappa shape index (κ2) is 14.5. The fourth-order valence-electron chi connectivity index (χ4n) is 5.00. The van der Waals surface area contributed by atoms with E-state index < -0.39 is 25.3 Å². The summed E-state index contributed by atoms with van der Waals surface area (Å²) in [5.74, 6) is 0.580. The van der Waals surface area contributed by atoms with Crippen LogP contribution in [0.15, 0.2) is 48.8 Å². The Bertz CT molecular complexity index is 1610. The van der Waals surface area contributed by atoms with E-state index in [9.17, 15) is 9.36 Å². The first kappa shape index (κ1) is 33.3. The second-order valence-corrected chi connectivity index (χ2v) is 12.9. The molecule has 0 aliphatic carbocycles. The Balaban J connectivity index is 1.81. The number of hydrogen-bond acceptors (Lipinski definition) is 10. The van der Waals surface area contributed by atoms with Crippen molar-refractivity contribution in [1.82, 2.24) is 24.6 Å². The topological polar surface area (TPSA) is 153 Å². The molecule has 3 heterocycles. The summed E-state index contributed by atoms with van der Waals surface area (Å²) >= 11 is 0. The molecule has 13 heteroatoms. The van der Waals surface area contributed by atoms with Gasteiger partial charge in [-0.05, 0) is 59.2 Å². The molecule has 3 atom stereocenters. The molecule has 4 rings (SSSR count). The van der Waals surface area contributed by atoms with E-state index in [1.807, 2.05) is 38.1 Å². The number of benzene rings is 1. The maximum Gasteiger partial charge on any atom is 0.459 e. The second-order valence-electron chi connectivity index (χ2n) is 11.2. The van der Waals surface area contributed by atoms with Crippen molar-refractivity contribution in [1.29, 1.82) is 0 Å². The zero-order valence-corrected chi connectivity index (χ0v) is 27.2. The van der Waals surface area contributed by atoms with Crippen molar-refractivity contribution in [2.24, 2.45) is 0 Å². The minimum Gasteiger partial charge on any atom is -0.462 e. The van der Waals surface area contributed by atoms with Crippen molar-refractivity contribution in [2.75, 3.05) is 18.9 Å². The van der Waals surface area contributed by atoms with Gasteiger partial charge in [0.25, 0.3) is 0 Å². The molecule has 0 aliphatic rings. The van der Waals surface area contributed by atoms with Gasteiger partial charge >= 0.3 is 13.7 Å². The van der Waals surface area contributed by atoms with Crippen molar-refractivity contribution in [3.8, 4) is 5.75 Å². The van der Waals surface area contributed by atoms with Crippen LogP contribution in [0.4, 0.5) is 5.82 Å². The van der Waals surface area contributed by atoms with E-state index in [0.717, 1.165) is 29.3 Å².